The molecule has 0 fully saturated rings. The molecule has 0 heterocycles. The summed E-state index contributed by atoms with van der Waals surface area (Å²) in [5.74, 6) is -3.81. The second-order valence-electron chi connectivity index (χ2n) is 6.99. The number of carbonyl (C=O) groups excluding carboxylic acids is 3. The van der Waals surface area contributed by atoms with Crippen molar-refractivity contribution in [1.29, 1.82) is 0 Å². The molecule has 0 bridgehead atoms. The van der Waals surface area contributed by atoms with Gasteiger partial charge < -0.3 is 44.2 Å². The Balaban J connectivity index is 5.64. The normalized spacial score (nSPS) is 12.6. The molecule has 28 heavy (non-hydrogen) atoms. The molecule has 12 nitrogen and oxygen atoms in total. The number of carbonyl (C=O) groups is 3. The van der Waals surface area contributed by atoms with Crippen molar-refractivity contribution < 1.29 is 58.6 Å². The van der Waals surface area contributed by atoms with Crippen molar-refractivity contribution in [2.24, 2.45) is 16.2 Å². The van der Waals surface area contributed by atoms with Crippen LogP contribution in [-0.2, 0) is 28.0 Å². The van der Waals surface area contributed by atoms with E-state index in [9.17, 15) is 45.0 Å². The summed E-state index contributed by atoms with van der Waals surface area (Å²) in [6, 6.07) is 0. The summed E-state index contributed by atoms with van der Waals surface area (Å²) in [6.45, 7) is -1.68. The Morgan fingerprint density at radius 3 is 0.893 bits per heavy atom. The molecule has 0 saturated carbocycles. The van der Waals surface area contributed by atoms with Crippen LogP contribution in [0.25, 0.3) is 0 Å². The van der Waals surface area contributed by atoms with Gasteiger partial charge in [-0.05, 0) is 20.8 Å². The van der Waals surface area contributed by atoms with Gasteiger partial charge in [-0.2, -0.15) is 0 Å². The van der Waals surface area contributed by atoms with Crippen LogP contribution < -0.4 is 0 Å². The lowest BCUT2D eigenvalue weighted by Crippen LogP contribution is -2.40. The number of hydrogen-bond donors (Lipinski definition) is 6. The predicted octanol–water partition coefficient (Wildman–Crippen LogP) is -2.18. The molecule has 6 N–H and O–H groups in total. The average Bonchev–Trinajstić information content (AvgIpc) is 2.71. The minimum atomic E-state index is -3.12. The fourth-order valence-electron chi connectivity index (χ4n) is 1.13. The largest absolute Gasteiger partial charge is 0.537 e. The summed E-state index contributed by atoms with van der Waals surface area (Å²) in [6.07, 6.45) is 0. The van der Waals surface area contributed by atoms with Crippen LogP contribution in [0.5, 0.6) is 0 Å². The van der Waals surface area contributed by atoms with E-state index in [4.69, 9.17) is 13.6 Å². The molecule has 0 radical (unpaired) electrons. The maximum absolute atomic E-state index is 12.2. The third-order valence-electron chi connectivity index (χ3n) is 4.04. The molecule has 0 aliphatic carbocycles. The van der Waals surface area contributed by atoms with Gasteiger partial charge >= 0.3 is 26.5 Å². The Kier molecular flexibility index (Phi) is 10.4. The van der Waals surface area contributed by atoms with Gasteiger partial charge in [0.05, 0.1) is 39.6 Å². The lowest BCUT2D eigenvalue weighted by Gasteiger charge is -2.28. The molecule has 0 aliphatic heterocycles. The summed E-state index contributed by atoms with van der Waals surface area (Å²) in [7, 11) is -3.12. The van der Waals surface area contributed by atoms with Crippen molar-refractivity contribution >= 4 is 26.5 Å². The van der Waals surface area contributed by atoms with Crippen molar-refractivity contribution in [3.63, 3.8) is 0 Å². The third-order valence-corrected chi connectivity index (χ3v) is 4.99. The van der Waals surface area contributed by atoms with Crippen molar-refractivity contribution in [1.82, 2.24) is 0 Å². The van der Waals surface area contributed by atoms with Gasteiger partial charge in [-0.15, -0.1) is 0 Å². The highest BCUT2D eigenvalue weighted by Crippen LogP contribution is 2.45. The van der Waals surface area contributed by atoms with Crippen molar-refractivity contribution in [2.45, 2.75) is 20.8 Å². The molecule has 0 aromatic heterocycles. The lowest BCUT2D eigenvalue weighted by atomic mass is 9.94. The minimum absolute atomic E-state index is 0.844. The molecule has 0 saturated heterocycles. The summed E-state index contributed by atoms with van der Waals surface area (Å²) in [5, 5.41) is 55.5. The third kappa shape index (κ3) is 6.31. The van der Waals surface area contributed by atoms with Crippen LogP contribution >= 0.6 is 8.60 Å². The van der Waals surface area contributed by atoms with Crippen LogP contribution in [-0.4, -0.2) is 88.2 Å². The second kappa shape index (κ2) is 11.0. The fraction of sp³-hybridized carbons (Fsp3) is 0.800. The number of aliphatic hydroxyl groups is 6. The van der Waals surface area contributed by atoms with Gasteiger partial charge in [-0.3, -0.25) is 14.4 Å². The average molecular weight is 430 g/mol. The van der Waals surface area contributed by atoms with E-state index in [2.05, 4.69) is 0 Å². The number of hydrogen-bond acceptors (Lipinski definition) is 12. The SMILES string of the molecule is CC(CO)(CO)C(=O)OP(OC(=O)C(C)(CO)CO)OC(=O)C(C)(CO)CO. The molecular weight excluding hydrogens is 403 g/mol. The van der Waals surface area contributed by atoms with E-state index in [1.807, 2.05) is 0 Å². The van der Waals surface area contributed by atoms with E-state index in [1.165, 1.54) is 0 Å². The molecule has 0 amide bonds. The van der Waals surface area contributed by atoms with E-state index in [-0.39, 0.29) is 0 Å². The predicted molar refractivity (Wildman–Crippen MR) is 92.0 cm³/mol. The number of rotatable bonds is 12. The maximum atomic E-state index is 12.2. The van der Waals surface area contributed by atoms with Crippen LogP contribution in [0.1, 0.15) is 20.8 Å². The molecule has 0 atom stereocenters. The summed E-state index contributed by atoms with van der Waals surface area (Å²) < 4.78 is 14.4. The van der Waals surface area contributed by atoms with Crippen LogP contribution in [0.15, 0.2) is 0 Å². The molecule has 0 aromatic carbocycles. The first-order valence-corrected chi connectivity index (χ1v) is 9.14. The Hall–Kier alpha value is -1.40. The summed E-state index contributed by atoms with van der Waals surface area (Å²) in [4.78, 5) is 36.5. The van der Waals surface area contributed by atoms with E-state index >= 15 is 0 Å². The first-order valence-electron chi connectivity index (χ1n) is 8.04. The van der Waals surface area contributed by atoms with Gasteiger partial charge in [0.15, 0.2) is 0 Å². The van der Waals surface area contributed by atoms with Crippen LogP contribution in [0.3, 0.4) is 0 Å². The quantitative estimate of drug-likeness (QED) is 0.183. The van der Waals surface area contributed by atoms with Gasteiger partial charge in [0, 0.05) is 0 Å². The summed E-state index contributed by atoms with van der Waals surface area (Å²) in [5.41, 5.74) is -5.43. The zero-order chi connectivity index (χ0) is 22.2. The van der Waals surface area contributed by atoms with E-state index in [0.717, 1.165) is 20.8 Å². The Labute approximate surface area is 162 Å². The van der Waals surface area contributed by atoms with Crippen LogP contribution in [0, 0.1) is 16.2 Å². The highest BCUT2D eigenvalue weighted by molar-refractivity contribution is 7.43. The smallest absolute Gasteiger partial charge is 0.395 e. The van der Waals surface area contributed by atoms with Crippen LogP contribution in [0.2, 0.25) is 0 Å². The summed E-state index contributed by atoms with van der Waals surface area (Å²) >= 11 is 0. The van der Waals surface area contributed by atoms with Crippen LogP contribution in [0.4, 0.5) is 0 Å². The molecule has 0 rings (SSSR count). The Morgan fingerprint density at radius 1 is 0.571 bits per heavy atom. The standard InChI is InChI=1S/C15H27O12P/c1-13(4-16,5-17)10(22)25-28(26-11(23)14(2,6-18)7-19)27-12(24)15(3,8-20)9-21/h16-21H,4-9H2,1-3H3. The van der Waals surface area contributed by atoms with Gasteiger partial charge in [-0.1, -0.05) is 0 Å². The molecule has 0 unspecified atom stereocenters. The van der Waals surface area contributed by atoms with Gasteiger partial charge in [-0.25, -0.2) is 0 Å². The first-order chi connectivity index (χ1) is 12.9. The number of aliphatic hydroxyl groups excluding tert-OH is 6. The molecule has 0 aliphatic rings. The fourth-order valence-corrected chi connectivity index (χ4v) is 2.31. The van der Waals surface area contributed by atoms with Crippen molar-refractivity contribution in [3.05, 3.63) is 0 Å². The van der Waals surface area contributed by atoms with Gasteiger partial charge in [0.1, 0.15) is 16.2 Å². The van der Waals surface area contributed by atoms with E-state index in [0.29, 0.717) is 0 Å². The molecule has 0 aromatic rings. The van der Waals surface area contributed by atoms with E-state index < -0.39 is 82.4 Å². The zero-order valence-electron chi connectivity index (χ0n) is 15.8. The van der Waals surface area contributed by atoms with Gasteiger partial charge in [0.25, 0.3) is 0 Å². The topological polar surface area (TPSA) is 200 Å². The molecule has 13 heteroatoms. The zero-order valence-corrected chi connectivity index (χ0v) is 16.7. The molecule has 0 spiro atoms. The second-order valence-corrected chi connectivity index (χ2v) is 7.99. The lowest BCUT2D eigenvalue weighted by molar-refractivity contribution is -0.159. The van der Waals surface area contributed by atoms with Gasteiger partial charge in [0.2, 0.25) is 0 Å². The Bertz CT molecular complexity index is 463. The van der Waals surface area contributed by atoms with E-state index in [1.54, 1.807) is 0 Å². The monoisotopic (exact) mass is 430 g/mol. The molecular formula is C15H27O12P. The first kappa shape index (κ1) is 26.6. The Morgan fingerprint density at radius 2 is 0.750 bits per heavy atom. The highest BCUT2D eigenvalue weighted by Gasteiger charge is 2.44. The van der Waals surface area contributed by atoms with Crippen molar-refractivity contribution in [2.75, 3.05) is 39.6 Å². The highest BCUT2D eigenvalue weighted by atomic mass is 31.2. The molecule has 164 valence electrons. The van der Waals surface area contributed by atoms with Crippen molar-refractivity contribution in [3.8, 4) is 0 Å². The maximum Gasteiger partial charge on any atom is 0.537 e. The minimum Gasteiger partial charge on any atom is -0.395 e.